The molecule has 3 aliphatic rings. The molecule has 3 aromatic carbocycles. The van der Waals surface area contributed by atoms with Crippen LogP contribution in [0, 0.1) is 5.92 Å². The van der Waals surface area contributed by atoms with Crippen LogP contribution in [0.5, 0.6) is 0 Å². The molecule has 0 bridgehead atoms. The number of rotatable bonds is 7. The molecule has 1 heterocycles. The molecule has 6 rings (SSSR count). The first-order valence-electron chi connectivity index (χ1n) is 13.7. The minimum absolute atomic E-state index is 0.0113. The van der Waals surface area contributed by atoms with E-state index in [1.807, 2.05) is 41.3 Å². The first-order valence-corrected chi connectivity index (χ1v) is 13.7. The van der Waals surface area contributed by atoms with Gasteiger partial charge in [-0.3, -0.25) is 4.79 Å². The summed E-state index contributed by atoms with van der Waals surface area (Å²) in [7, 11) is 0. The Balaban J connectivity index is 1.25. The SMILES string of the molecule is CC1(NC(=O)N2CCc3c(-c4cccc(C(=O)O)c4)ccc(CNC(=O)[C@@H]4C[C@H]4c4ccccc4)c3C2)CC1. The monoisotopic (exact) mass is 523 g/mol. The van der Waals surface area contributed by atoms with E-state index in [1.54, 1.807) is 18.2 Å². The molecule has 2 aliphatic carbocycles. The molecule has 200 valence electrons. The van der Waals surface area contributed by atoms with Gasteiger partial charge in [0.25, 0.3) is 0 Å². The van der Waals surface area contributed by atoms with Crippen molar-refractivity contribution >= 4 is 17.9 Å². The standard InChI is InChI=1S/C32H33N3O4/c1-32(13-14-32)34-31(39)35-15-12-25-24(21-8-5-9-22(16-21)30(37)38)11-10-23(28(25)19-35)18-33-29(36)27-17-26(27)20-6-3-2-4-7-20/h2-11,16,26-27H,12-15,17-19H2,1H3,(H,33,36)(H,34,39)(H,37,38)/t26-,27+/m0/s1. The van der Waals surface area contributed by atoms with Crippen molar-refractivity contribution in [3.8, 4) is 11.1 Å². The van der Waals surface area contributed by atoms with E-state index >= 15 is 0 Å². The van der Waals surface area contributed by atoms with Crippen LogP contribution in [-0.4, -0.2) is 40.0 Å². The fraction of sp³-hybridized carbons (Fsp3) is 0.344. The lowest BCUT2D eigenvalue weighted by molar-refractivity contribution is -0.122. The molecular weight excluding hydrogens is 490 g/mol. The quantitative estimate of drug-likeness (QED) is 0.402. The summed E-state index contributed by atoms with van der Waals surface area (Å²) in [5.74, 6) is -0.645. The number of carbonyl (C=O) groups excluding carboxylic acids is 2. The number of hydrogen-bond acceptors (Lipinski definition) is 3. The number of fused-ring (bicyclic) bond motifs is 1. The van der Waals surface area contributed by atoms with Crippen LogP contribution < -0.4 is 10.6 Å². The van der Waals surface area contributed by atoms with Crippen LogP contribution in [0.15, 0.2) is 66.7 Å². The Bertz CT molecular complexity index is 1450. The molecule has 3 amide bonds. The molecule has 1 aliphatic heterocycles. The number of aromatic carboxylic acids is 1. The number of urea groups is 1. The van der Waals surface area contributed by atoms with Gasteiger partial charge < -0.3 is 20.6 Å². The van der Waals surface area contributed by atoms with Crippen LogP contribution in [0.1, 0.15) is 64.7 Å². The Hall–Kier alpha value is -4.13. The zero-order valence-corrected chi connectivity index (χ0v) is 22.1. The smallest absolute Gasteiger partial charge is 0.335 e. The van der Waals surface area contributed by atoms with Crippen molar-refractivity contribution in [3.05, 3.63) is 94.5 Å². The Kier molecular flexibility index (Phi) is 6.37. The predicted molar refractivity (Wildman–Crippen MR) is 148 cm³/mol. The first kappa shape index (κ1) is 25.2. The van der Waals surface area contributed by atoms with E-state index < -0.39 is 5.97 Å². The van der Waals surface area contributed by atoms with E-state index in [1.165, 1.54) is 5.56 Å². The maximum absolute atomic E-state index is 13.1. The Morgan fingerprint density at radius 3 is 2.54 bits per heavy atom. The maximum atomic E-state index is 13.1. The van der Waals surface area contributed by atoms with Crippen molar-refractivity contribution < 1.29 is 19.5 Å². The highest BCUT2D eigenvalue weighted by atomic mass is 16.4. The molecule has 2 saturated carbocycles. The lowest BCUT2D eigenvalue weighted by atomic mass is 9.87. The summed E-state index contributed by atoms with van der Waals surface area (Å²) in [6, 6.07) is 21.1. The summed E-state index contributed by atoms with van der Waals surface area (Å²) in [5, 5.41) is 15.8. The Morgan fingerprint density at radius 1 is 1.00 bits per heavy atom. The maximum Gasteiger partial charge on any atom is 0.335 e. The van der Waals surface area contributed by atoms with Crippen molar-refractivity contribution in [3.63, 3.8) is 0 Å². The van der Waals surface area contributed by atoms with Crippen LogP contribution in [-0.2, 0) is 24.3 Å². The summed E-state index contributed by atoms with van der Waals surface area (Å²) in [5.41, 5.74) is 6.29. The number of nitrogens with zero attached hydrogens (tertiary/aromatic N) is 1. The molecule has 7 heteroatoms. The predicted octanol–water partition coefficient (Wildman–Crippen LogP) is 5.09. The van der Waals surface area contributed by atoms with Gasteiger partial charge in [-0.15, -0.1) is 0 Å². The topological polar surface area (TPSA) is 98.7 Å². The number of amides is 3. The zero-order valence-electron chi connectivity index (χ0n) is 22.1. The highest BCUT2D eigenvalue weighted by molar-refractivity contribution is 5.90. The van der Waals surface area contributed by atoms with E-state index in [2.05, 4.69) is 29.7 Å². The van der Waals surface area contributed by atoms with Gasteiger partial charge in [-0.05, 0) is 84.0 Å². The number of carboxylic acids is 1. The van der Waals surface area contributed by atoms with E-state index in [4.69, 9.17) is 0 Å². The van der Waals surface area contributed by atoms with Gasteiger partial charge in [0.15, 0.2) is 0 Å². The van der Waals surface area contributed by atoms with Gasteiger partial charge in [0.05, 0.1) is 5.56 Å². The third kappa shape index (κ3) is 5.26. The molecule has 39 heavy (non-hydrogen) atoms. The zero-order chi connectivity index (χ0) is 27.1. The van der Waals surface area contributed by atoms with Gasteiger partial charge in [-0.25, -0.2) is 9.59 Å². The number of carboxylic acid groups (broad SMARTS) is 1. The second-order valence-electron chi connectivity index (χ2n) is 11.4. The number of carbonyl (C=O) groups is 3. The molecule has 0 spiro atoms. The van der Waals surface area contributed by atoms with Gasteiger partial charge in [-0.1, -0.05) is 54.6 Å². The molecule has 0 aromatic heterocycles. The van der Waals surface area contributed by atoms with Gasteiger partial charge in [0, 0.05) is 31.1 Å². The minimum Gasteiger partial charge on any atom is -0.478 e. The van der Waals surface area contributed by atoms with Gasteiger partial charge in [0.1, 0.15) is 0 Å². The van der Waals surface area contributed by atoms with Gasteiger partial charge in [0.2, 0.25) is 5.91 Å². The van der Waals surface area contributed by atoms with Crippen LogP contribution in [0.4, 0.5) is 4.79 Å². The molecule has 2 atom stereocenters. The lowest BCUT2D eigenvalue weighted by Crippen LogP contribution is -2.47. The number of benzene rings is 3. The fourth-order valence-electron chi connectivity index (χ4n) is 5.69. The summed E-state index contributed by atoms with van der Waals surface area (Å²) in [6.07, 6.45) is 3.51. The molecule has 0 saturated heterocycles. The summed E-state index contributed by atoms with van der Waals surface area (Å²) in [6.45, 7) is 3.49. The third-order valence-electron chi connectivity index (χ3n) is 8.43. The minimum atomic E-state index is -0.963. The molecule has 2 fully saturated rings. The molecule has 7 nitrogen and oxygen atoms in total. The van der Waals surface area contributed by atoms with E-state index in [0.717, 1.165) is 47.1 Å². The lowest BCUT2D eigenvalue weighted by Gasteiger charge is -2.33. The van der Waals surface area contributed by atoms with Crippen molar-refractivity contribution in [2.24, 2.45) is 5.92 Å². The molecule has 3 aromatic rings. The van der Waals surface area contributed by atoms with Crippen LogP contribution in [0.2, 0.25) is 0 Å². The average Bonchev–Trinajstić information content (AvgIpc) is 3.89. The number of nitrogens with one attached hydrogen (secondary N) is 2. The summed E-state index contributed by atoms with van der Waals surface area (Å²) >= 11 is 0. The second kappa shape index (κ2) is 9.88. The second-order valence-corrected chi connectivity index (χ2v) is 11.4. The van der Waals surface area contributed by atoms with Crippen molar-refractivity contribution in [2.75, 3.05) is 6.54 Å². The van der Waals surface area contributed by atoms with Gasteiger partial charge >= 0.3 is 12.0 Å². The summed E-state index contributed by atoms with van der Waals surface area (Å²) < 4.78 is 0. The van der Waals surface area contributed by atoms with E-state index in [9.17, 15) is 19.5 Å². The highest BCUT2D eigenvalue weighted by Crippen LogP contribution is 2.47. The largest absolute Gasteiger partial charge is 0.478 e. The van der Waals surface area contributed by atoms with Crippen molar-refractivity contribution in [1.29, 1.82) is 0 Å². The van der Waals surface area contributed by atoms with E-state index in [-0.39, 0.29) is 34.9 Å². The number of hydrogen-bond donors (Lipinski definition) is 3. The molecule has 0 radical (unpaired) electrons. The molecular formula is C32H33N3O4. The van der Waals surface area contributed by atoms with Crippen LogP contribution in [0.25, 0.3) is 11.1 Å². The Labute approximate surface area is 228 Å². The average molecular weight is 524 g/mol. The van der Waals surface area contributed by atoms with Gasteiger partial charge in [-0.2, -0.15) is 0 Å². The fourth-order valence-corrected chi connectivity index (χ4v) is 5.69. The van der Waals surface area contributed by atoms with Crippen LogP contribution >= 0.6 is 0 Å². The van der Waals surface area contributed by atoms with Crippen molar-refractivity contribution in [2.45, 2.75) is 57.2 Å². The molecule has 3 N–H and O–H groups in total. The normalized spacial score (nSPS) is 20.5. The first-order chi connectivity index (χ1) is 18.8. The van der Waals surface area contributed by atoms with Crippen molar-refractivity contribution in [1.82, 2.24) is 15.5 Å². The third-order valence-corrected chi connectivity index (χ3v) is 8.43. The Morgan fingerprint density at radius 2 is 1.79 bits per heavy atom. The van der Waals surface area contributed by atoms with E-state index in [0.29, 0.717) is 26.1 Å². The van der Waals surface area contributed by atoms with Crippen LogP contribution in [0.3, 0.4) is 0 Å². The highest BCUT2D eigenvalue weighted by Gasteiger charge is 2.44. The molecule has 0 unspecified atom stereocenters. The summed E-state index contributed by atoms with van der Waals surface area (Å²) in [4.78, 5) is 39.5.